The number of aromatic nitrogens is 2. The summed E-state index contributed by atoms with van der Waals surface area (Å²) in [5.41, 5.74) is 0.596. The molecule has 1 N–H and O–H groups in total. The maximum absolute atomic E-state index is 12.0. The molecular weight excluding hydrogens is 230 g/mol. The Bertz CT molecular complexity index is 428. The number of aryl methyl sites for hydroxylation is 1. The van der Waals surface area contributed by atoms with E-state index >= 15 is 0 Å². The average molecular weight is 249 g/mol. The lowest BCUT2D eigenvalue weighted by atomic mass is 10.1. The van der Waals surface area contributed by atoms with Gasteiger partial charge in [-0.3, -0.25) is 9.48 Å². The molecule has 0 radical (unpaired) electrons. The zero-order chi connectivity index (χ0) is 13.0. The van der Waals surface area contributed by atoms with Crippen LogP contribution in [0.3, 0.4) is 0 Å². The van der Waals surface area contributed by atoms with Crippen LogP contribution in [0.4, 0.5) is 0 Å². The number of nitrogens with one attached hydrogen (secondary N) is 1. The second-order valence-corrected chi connectivity index (χ2v) is 4.43. The van der Waals surface area contributed by atoms with Crippen molar-refractivity contribution in [1.82, 2.24) is 15.1 Å². The molecule has 0 aromatic carbocycles. The second kappa shape index (κ2) is 5.82. The van der Waals surface area contributed by atoms with Crippen LogP contribution in [-0.2, 0) is 11.3 Å². The summed E-state index contributed by atoms with van der Waals surface area (Å²) in [7, 11) is 0. The highest BCUT2D eigenvalue weighted by Crippen LogP contribution is 2.14. The summed E-state index contributed by atoms with van der Waals surface area (Å²) < 4.78 is 7.22. The van der Waals surface area contributed by atoms with Crippen molar-refractivity contribution in [1.29, 1.82) is 0 Å². The highest BCUT2D eigenvalue weighted by atomic mass is 16.5. The van der Waals surface area contributed by atoms with E-state index in [4.69, 9.17) is 4.74 Å². The molecule has 5 nitrogen and oxygen atoms in total. The molecule has 1 aromatic rings. The molecule has 1 aromatic heterocycles. The summed E-state index contributed by atoms with van der Waals surface area (Å²) in [5, 5.41) is 7.11. The van der Waals surface area contributed by atoms with E-state index in [9.17, 15) is 4.79 Å². The maximum Gasteiger partial charge on any atom is 0.254 e. The number of hydrogen-bond acceptors (Lipinski definition) is 3. The second-order valence-electron chi connectivity index (χ2n) is 4.43. The van der Waals surface area contributed by atoms with E-state index in [2.05, 4.69) is 23.9 Å². The van der Waals surface area contributed by atoms with Gasteiger partial charge in [0, 0.05) is 19.3 Å². The third-order valence-corrected chi connectivity index (χ3v) is 3.03. The van der Waals surface area contributed by atoms with E-state index in [1.165, 1.54) is 0 Å². The molecule has 1 amide bonds. The van der Waals surface area contributed by atoms with Crippen LogP contribution < -0.4 is 5.32 Å². The number of amides is 1. The zero-order valence-electron chi connectivity index (χ0n) is 10.6. The highest BCUT2D eigenvalue weighted by molar-refractivity contribution is 5.93. The van der Waals surface area contributed by atoms with Gasteiger partial charge in [-0.2, -0.15) is 5.10 Å². The van der Waals surface area contributed by atoms with Gasteiger partial charge in [0.25, 0.3) is 5.91 Å². The molecule has 2 atom stereocenters. The average Bonchev–Trinajstić information content (AvgIpc) is 2.98. The SMILES string of the molecule is C=C[C@@H]1OCC[C@H]1NC(=O)c1cnn(CCC)c1. The summed E-state index contributed by atoms with van der Waals surface area (Å²) in [5.74, 6) is -0.0975. The van der Waals surface area contributed by atoms with E-state index in [0.29, 0.717) is 12.2 Å². The van der Waals surface area contributed by atoms with Crippen molar-refractivity contribution in [2.75, 3.05) is 6.61 Å². The van der Waals surface area contributed by atoms with Gasteiger partial charge in [0.05, 0.1) is 23.9 Å². The minimum absolute atomic E-state index is 0.0181. The molecular formula is C13H19N3O2. The predicted octanol–water partition coefficient (Wildman–Crippen LogP) is 1.37. The number of hydrogen-bond donors (Lipinski definition) is 1. The molecule has 18 heavy (non-hydrogen) atoms. The molecule has 0 spiro atoms. The lowest BCUT2D eigenvalue weighted by molar-refractivity contribution is 0.0900. The van der Waals surface area contributed by atoms with Crippen LogP contribution in [0.25, 0.3) is 0 Å². The maximum atomic E-state index is 12.0. The first-order valence-electron chi connectivity index (χ1n) is 6.32. The number of nitrogens with zero attached hydrogens (tertiary/aromatic N) is 2. The number of carbonyl (C=O) groups is 1. The number of rotatable bonds is 5. The largest absolute Gasteiger partial charge is 0.372 e. The van der Waals surface area contributed by atoms with Crippen LogP contribution in [0.5, 0.6) is 0 Å². The minimum Gasteiger partial charge on any atom is -0.372 e. The Balaban J connectivity index is 1.96. The van der Waals surface area contributed by atoms with E-state index < -0.39 is 0 Å². The van der Waals surface area contributed by atoms with Crippen LogP contribution in [0.15, 0.2) is 25.0 Å². The monoisotopic (exact) mass is 249 g/mol. The summed E-state index contributed by atoms with van der Waals surface area (Å²) in [6.45, 7) is 7.28. The summed E-state index contributed by atoms with van der Waals surface area (Å²) >= 11 is 0. The number of carbonyl (C=O) groups excluding carboxylic acids is 1. The first-order chi connectivity index (χ1) is 8.74. The van der Waals surface area contributed by atoms with Gasteiger partial charge in [0.1, 0.15) is 0 Å². The first kappa shape index (κ1) is 12.8. The van der Waals surface area contributed by atoms with Crippen LogP contribution in [-0.4, -0.2) is 34.4 Å². The van der Waals surface area contributed by atoms with Crippen molar-refractivity contribution in [3.63, 3.8) is 0 Å². The highest BCUT2D eigenvalue weighted by Gasteiger charge is 2.27. The Morgan fingerprint density at radius 3 is 3.33 bits per heavy atom. The molecule has 1 aliphatic rings. The molecule has 1 saturated heterocycles. The fourth-order valence-electron chi connectivity index (χ4n) is 2.08. The molecule has 5 heteroatoms. The molecule has 0 bridgehead atoms. The standard InChI is InChI=1S/C13H19N3O2/c1-3-6-16-9-10(8-14-16)13(17)15-11-5-7-18-12(11)4-2/h4,8-9,11-12H,2-3,5-7H2,1H3,(H,15,17)/t11-,12+/m1/s1. The fraction of sp³-hybridized carbons (Fsp3) is 0.538. The minimum atomic E-state index is -0.0975. The smallest absolute Gasteiger partial charge is 0.254 e. The predicted molar refractivity (Wildman–Crippen MR) is 68.3 cm³/mol. The normalized spacial score (nSPS) is 22.9. The Labute approximate surface area is 107 Å². The van der Waals surface area contributed by atoms with Gasteiger partial charge in [-0.1, -0.05) is 13.0 Å². The molecule has 1 fully saturated rings. The van der Waals surface area contributed by atoms with E-state index in [0.717, 1.165) is 19.4 Å². The van der Waals surface area contributed by atoms with Crippen molar-refractivity contribution in [2.45, 2.75) is 38.5 Å². The molecule has 2 heterocycles. The van der Waals surface area contributed by atoms with Gasteiger partial charge in [-0.25, -0.2) is 0 Å². The van der Waals surface area contributed by atoms with E-state index in [1.807, 2.05) is 0 Å². The van der Waals surface area contributed by atoms with Crippen molar-refractivity contribution < 1.29 is 9.53 Å². The quantitative estimate of drug-likeness (QED) is 0.802. The van der Waals surface area contributed by atoms with Crippen molar-refractivity contribution in [3.8, 4) is 0 Å². The third-order valence-electron chi connectivity index (χ3n) is 3.03. The van der Waals surface area contributed by atoms with Gasteiger partial charge >= 0.3 is 0 Å². The third kappa shape index (κ3) is 2.79. The lowest BCUT2D eigenvalue weighted by Crippen LogP contribution is -2.39. The zero-order valence-corrected chi connectivity index (χ0v) is 10.6. The van der Waals surface area contributed by atoms with Gasteiger partial charge in [0.15, 0.2) is 0 Å². The lowest BCUT2D eigenvalue weighted by Gasteiger charge is -2.15. The molecule has 0 saturated carbocycles. The Hall–Kier alpha value is -1.62. The van der Waals surface area contributed by atoms with Crippen LogP contribution >= 0.6 is 0 Å². The van der Waals surface area contributed by atoms with E-state index in [1.54, 1.807) is 23.2 Å². The topological polar surface area (TPSA) is 56.1 Å². The van der Waals surface area contributed by atoms with Crippen LogP contribution in [0, 0.1) is 0 Å². The van der Waals surface area contributed by atoms with Crippen molar-refractivity contribution in [3.05, 3.63) is 30.6 Å². The van der Waals surface area contributed by atoms with Gasteiger partial charge in [0.2, 0.25) is 0 Å². The van der Waals surface area contributed by atoms with Gasteiger partial charge < -0.3 is 10.1 Å². The molecule has 1 aliphatic heterocycles. The molecule has 2 rings (SSSR count). The Morgan fingerprint density at radius 2 is 2.61 bits per heavy atom. The van der Waals surface area contributed by atoms with Crippen molar-refractivity contribution >= 4 is 5.91 Å². The van der Waals surface area contributed by atoms with Crippen LogP contribution in [0.1, 0.15) is 30.1 Å². The molecule has 0 aliphatic carbocycles. The van der Waals surface area contributed by atoms with Crippen molar-refractivity contribution in [2.24, 2.45) is 0 Å². The summed E-state index contributed by atoms with van der Waals surface area (Å²) in [6.07, 6.45) is 6.85. The number of ether oxygens (including phenoxy) is 1. The first-order valence-corrected chi connectivity index (χ1v) is 6.32. The van der Waals surface area contributed by atoms with Crippen LogP contribution in [0.2, 0.25) is 0 Å². The Kier molecular flexibility index (Phi) is 4.15. The fourth-order valence-corrected chi connectivity index (χ4v) is 2.08. The van der Waals surface area contributed by atoms with Gasteiger partial charge in [-0.15, -0.1) is 6.58 Å². The Morgan fingerprint density at radius 1 is 1.78 bits per heavy atom. The molecule has 0 unspecified atom stereocenters. The van der Waals surface area contributed by atoms with E-state index in [-0.39, 0.29) is 18.1 Å². The summed E-state index contributed by atoms with van der Waals surface area (Å²) in [4.78, 5) is 12.0. The molecule has 98 valence electrons. The van der Waals surface area contributed by atoms with Gasteiger partial charge in [-0.05, 0) is 12.8 Å². The summed E-state index contributed by atoms with van der Waals surface area (Å²) in [6, 6.07) is 0.0181.